The first-order valence-corrected chi connectivity index (χ1v) is 7.81. The third-order valence-corrected chi connectivity index (χ3v) is 3.51. The molecular formula is C18H22N2O4. The summed E-state index contributed by atoms with van der Waals surface area (Å²) in [5, 5.41) is 15.2. The van der Waals surface area contributed by atoms with E-state index in [1.54, 1.807) is 19.1 Å². The average molecular weight is 330 g/mol. The maximum absolute atomic E-state index is 11.8. The lowest BCUT2D eigenvalue weighted by atomic mass is 10.0. The van der Waals surface area contributed by atoms with Crippen LogP contribution in [-0.2, 0) is 22.4 Å². The molecule has 24 heavy (non-hydrogen) atoms. The minimum atomic E-state index is -1.20. The number of rotatable bonds is 7. The van der Waals surface area contributed by atoms with E-state index in [1.165, 1.54) is 6.26 Å². The van der Waals surface area contributed by atoms with Gasteiger partial charge in [-0.05, 0) is 31.0 Å². The highest BCUT2D eigenvalue weighted by Crippen LogP contribution is 2.12. The molecule has 0 bridgehead atoms. The molecular weight excluding hydrogens is 308 g/mol. The van der Waals surface area contributed by atoms with E-state index in [9.17, 15) is 14.7 Å². The van der Waals surface area contributed by atoms with Crippen LogP contribution in [0, 0.1) is 0 Å². The molecule has 3 N–H and O–H groups in total. The molecule has 0 fully saturated rings. The van der Waals surface area contributed by atoms with Crippen molar-refractivity contribution in [2.24, 2.45) is 0 Å². The summed E-state index contributed by atoms with van der Waals surface area (Å²) in [7, 11) is 0. The molecule has 0 aliphatic carbocycles. The van der Waals surface area contributed by atoms with Gasteiger partial charge in [0.2, 0.25) is 0 Å². The van der Waals surface area contributed by atoms with Gasteiger partial charge in [0, 0.05) is 19.5 Å². The molecule has 128 valence electrons. The van der Waals surface area contributed by atoms with E-state index in [2.05, 4.69) is 10.6 Å². The molecule has 2 aromatic rings. The van der Waals surface area contributed by atoms with Gasteiger partial charge in [-0.1, -0.05) is 30.3 Å². The van der Waals surface area contributed by atoms with Gasteiger partial charge in [-0.25, -0.2) is 0 Å². The number of aliphatic hydroxyl groups is 1. The monoisotopic (exact) mass is 330 g/mol. The van der Waals surface area contributed by atoms with E-state index in [-0.39, 0.29) is 13.0 Å². The summed E-state index contributed by atoms with van der Waals surface area (Å²) in [6.07, 6.45) is 2.41. The molecule has 2 rings (SSSR count). The molecule has 1 heterocycles. The Kier molecular flexibility index (Phi) is 6.14. The summed E-state index contributed by atoms with van der Waals surface area (Å²) in [4.78, 5) is 23.5. The number of benzene rings is 1. The Hall–Kier alpha value is -2.60. The minimum absolute atomic E-state index is 0.0430. The SMILES string of the molecule is CC(O)(CNC(=O)C(=O)NCCc1ccccc1)Cc1ccco1. The number of carbonyl (C=O) groups excluding carboxylic acids is 2. The highest BCUT2D eigenvalue weighted by molar-refractivity contribution is 6.35. The first-order valence-electron chi connectivity index (χ1n) is 7.81. The molecule has 2 amide bonds. The van der Waals surface area contributed by atoms with E-state index in [0.29, 0.717) is 18.7 Å². The molecule has 0 saturated heterocycles. The maximum atomic E-state index is 11.8. The summed E-state index contributed by atoms with van der Waals surface area (Å²) in [5.41, 5.74) is -0.114. The molecule has 6 nitrogen and oxygen atoms in total. The predicted molar refractivity (Wildman–Crippen MR) is 89.2 cm³/mol. The summed E-state index contributed by atoms with van der Waals surface area (Å²) < 4.78 is 5.17. The van der Waals surface area contributed by atoms with Gasteiger partial charge >= 0.3 is 11.8 Å². The molecule has 1 unspecified atom stereocenters. The van der Waals surface area contributed by atoms with Gasteiger partial charge in [-0.3, -0.25) is 9.59 Å². The molecule has 0 aliphatic heterocycles. The van der Waals surface area contributed by atoms with Crippen molar-refractivity contribution in [1.29, 1.82) is 0 Å². The molecule has 6 heteroatoms. The van der Waals surface area contributed by atoms with Crippen molar-refractivity contribution in [3.8, 4) is 0 Å². The minimum Gasteiger partial charge on any atom is -0.469 e. The molecule has 0 aliphatic rings. The normalized spacial score (nSPS) is 13.1. The second-order valence-corrected chi connectivity index (χ2v) is 5.93. The molecule has 0 saturated carbocycles. The van der Waals surface area contributed by atoms with Crippen molar-refractivity contribution < 1.29 is 19.1 Å². The van der Waals surface area contributed by atoms with Crippen LogP contribution < -0.4 is 10.6 Å². The van der Waals surface area contributed by atoms with Crippen molar-refractivity contribution >= 4 is 11.8 Å². The largest absolute Gasteiger partial charge is 0.469 e. The molecule has 1 aromatic heterocycles. The van der Waals surface area contributed by atoms with E-state index in [4.69, 9.17) is 4.42 Å². The van der Waals surface area contributed by atoms with Gasteiger partial charge in [0.05, 0.1) is 11.9 Å². The molecule has 0 spiro atoms. The van der Waals surface area contributed by atoms with E-state index in [1.807, 2.05) is 30.3 Å². The second-order valence-electron chi connectivity index (χ2n) is 5.93. The summed E-state index contributed by atoms with van der Waals surface area (Å²) in [5.74, 6) is -0.857. The lowest BCUT2D eigenvalue weighted by Crippen LogP contribution is -2.47. The first kappa shape index (κ1) is 17.7. The summed E-state index contributed by atoms with van der Waals surface area (Å²) in [6.45, 7) is 1.90. The Morgan fingerprint density at radius 2 is 1.79 bits per heavy atom. The van der Waals surface area contributed by atoms with Crippen LogP contribution in [0.5, 0.6) is 0 Å². The fraction of sp³-hybridized carbons (Fsp3) is 0.333. The lowest BCUT2D eigenvalue weighted by Gasteiger charge is -2.22. The number of hydrogen-bond donors (Lipinski definition) is 3. The van der Waals surface area contributed by atoms with Crippen molar-refractivity contribution in [3.63, 3.8) is 0 Å². The zero-order valence-electron chi connectivity index (χ0n) is 13.6. The first-order chi connectivity index (χ1) is 11.5. The van der Waals surface area contributed by atoms with Crippen LogP contribution in [0.15, 0.2) is 53.1 Å². The van der Waals surface area contributed by atoms with Crippen molar-refractivity contribution in [2.75, 3.05) is 13.1 Å². The van der Waals surface area contributed by atoms with Crippen LogP contribution in [0.4, 0.5) is 0 Å². The van der Waals surface area contributed by atoms with Crippen molar-refractivity contribution in [3.05, 3.63) is 60.1 Å². The maximum Gasteiger partial charge on any atom is 0.309 e. The van der Waals surface area contributed by atoms with Gasteiger partial charge in [-0.15, -0.1) is 0 Å². The Morgan fingerprint density at radius 3 is 2.46 bits per heavy atom. The van der Waals surface area contributed by atoms with E-state index < -0.39 is 17.4 Å². The van der Waals surface area contributed by atoms with Crippen LogP contribution in [0.2, 0.25) is 0 Å². The van der Waals surface area contributed by atoms with Crippen LogP contribution >= 0.6 is 0 Å². The molecule has 1 aromatic carbocycles. The van der Waals surface area contributed by atoms with Crippen LogP contribution in [0.3, 0.4) is 0 Å². The summed E-state index contributed by atoms with van der Waals surface area (Å²) >= 11 is 0. The highest BCUT2D eigenvalue weighted by atomic mass is 16.3. The highest BCUT2D eigenvalue weighted by Gasteiger charge is 2.24. The molecule has 0 radical (unpaired) electrons. The van der Waals surface area contributed by atoms with Crippen LogP contribution in [-0.4, -0.2) is 35.6 Å². The third-order valence-electron chi connectivity index (χ3n) is 3.51. The Morgan fingerprint density at radius 1 is 1.08 bits per heavy atom. The van der Waals surface area contributed by atoms with Crippen LogP contribution in [0.1, 0.15) is 18.2 Å². The Labute approximate surface area is 140 Å². The van der Waals surface area contributed by atoms with Gasteiger partial charge in [0.25, 0.3) is 0 Å². The topological polar surface area (TPSA) is 91.6 Å². The smallest absolute Gasteiger partial charge is 0.309 e. The van der Waals surface area contributed by atoms with Gasteiger partial charge in [0.1, 0.15) is 5.76 Å². The second kappa shape index (κ2) is 8.31. The predicted octanol–water partition coefficient (Wildman–Crippen LogP) is 1.05. The number of hydrogen-bond acceptors (Lipinski definition) is 4. The van der Waals surface area contributed by atoms with Gasteiger partial charge in [-0.2, -0.15) is 0 Å². The van der Waals surface area contributed by atoms with Crippen molar-refractivity contribution in [1.82, 2.24) is 10.6 Å². The number of furan rings is 1. The summed E-state index contributed by atoms with van der Waals surface area (Å²) in [6, 6.07) is 13.1. The Bertz CT molecular complexity index is 651. The zero-order valence-corrected chi connectivity index (χ0v) is 13.6. The Balaban J connectivity index is 1.70. The third kappa shape index (κ3) is 5.89. The van der Waals surface area contributed by atoms with Gasteiger partial charge in [0.15, 0.2) is 0 Å². The number of amides is 2. The average Bonchev–Trinajstić information content (AvgIpc) is 3.05. The van der Waals surface area contributed by atoms with Gasteiger partial charge < -0.3 is 20.2 Å². The standard InChI is InChI=1S/C18H22N2O4/c1-18(23,12-15-8-5-11-24-15)13-20-17(22)16(21)19-10-9-14-6-3-2-4-7-14/h2-8,11,23H,9-10,12-13H2,1H3,(H,19,21)(H,20,22). The van der Waals surface area contributed by atoms with E-state index >= 15 is 0 Å². The van der Waals surface area contributed by atoms with E-state index in [0.717, 1.165) is 5.56 Å². The zero-order chi connectivity index (χ0) is 17.4. The number of carbonyl (C=O) groups is 2. The van der Waals surface area contributed by atoms with Crippen LogP contribution in [0.25, 0.3) is 0 Å². The quantitative estimate of drug-likeness (QED) is 0.662. The number of nitrogens with one attached hydrogen (secondary N) is 2. The fourth-order valence-electron chi connectivity index (χ4n) is 2.25. The van der Waals surface area contributed by atoms with Crippen molar-refractivity contribution in [2.45, 2.75) is 25.4 Å². The molecule has 1 atom stereocenters. The fourth-order valence-corrected chi connectivity index (χ4v) is 2.25. The lowest BCUT2D eigenvalue weighted by molar-refractivity contribution is -0.139.